The molecular formula is C18H22O. The van der Waals surface area contributed by atoms with E-state index in [1.807, 2.05) is 12.1 Å². The minimum Gasteiger partial charge on any atom is -0.289 e. The van der Waals surface area contributed by atoms with Gasteiger partial charge in [0.1, 0.15) is 0 Å². The third-order valence-electron chi connectivity index (χ3n) is 4.58. The summed E-state index contributed by atoms with van der Waals surface area (Å²) < 4.78 is 0. The summed E-state index contributed by atoms with van der Waals surface area (Å²) >= 11 is 0. The zero-order valence-electron chi connectivity index (χ0n) is 11.5. The van der Waals surface area contributed by atoms with Gasteiger partial charge in [0, 0.05) is 5.56 Å². The highest BCUT2D eigenvalue weighted by atomic mass is 16.1. The van der Waals surface area contributed by atoms with Crippen LogP contribution >= 0.6 is 0 Å². The first-order valence-corrected chi connectivity index (χ1v) is 7.69. The number of carbonyl (C=O) groups excluding carboxylic acids is 1. The van der Waals surface area contributed by atoms with Crippen molar-refractivity contribution >= 4 is 5.78 Å². The molecule has 0 saturated heterocycles. The van der Waals surface area contributed by atoms with Gasteiger partial charge < -0.3 is 0 Å². The monoisotopic (exact) mass is 254 g/mol. The highest BCUT2D eigenvalue weighted by Gasteiger charge is 2.25. The third kappa shape index (κ3) is 2.65. The predicted molar refractivity (Wildman–Crippen MR) is 78.5 cm³/mol. The zero-order valence-corrected chi connectivity index (χ0v) is 11.5. The van der Waals surface area contributed by atoms with E-state index in [9.17, 15) is 4.79 Å². The highest BCUT2D eigenvalue weighted by molar-refractivity contribution is 6.09. The van der Waals surface area contributed by atoms with E-state index in [4.69, 9.17) is 0 Å². The first kappa shape index (κ1) is 12.7. The van der Waals surface area contributed by atoms with Crippen molar-refractivity contribution in [3.8, 4) is 0 Å². The fraction of sp³-hybridized carbons (Fsp3) is 0.500. The number of ketones is 1. The van der Waals surface area contributed by atoms with Crippen LogP contribution < -0.4 is 0 Å². The van der Waals surface area contributed by atoms with Crippen molar-refractivity contribution in [2.45, 2.75) is 57.3 Å². The van der Waals surface area contributed by atoms with Gasteiger partial charge in [0.15, 0.2) is 5.78 Å². The van der Waals surface area contributed by atoms with Crippen molar-refractivity contribution in [3.63, 3.8) is 0 Å². The molecule has 1 aromatic rings. The van der Waals surface area contributed by atoms with Crippen LogP contribution in [-0.2, 0) is 0 Å². The minimum atomic E-state index is 0.296. The minimum absolute atomic E-state index is 0.296. The summed E-state index contributed by atoms with van der Waals surface area (Å²) in [6.45, 7) is 0. The molecule has 0 aromatic heterocycles. The molecule has 1 fully saturated rings. The number of rotatable bonds is 3. The van der Waals surface area contributed by atoms with Gasteiger partial charge in [-0.25, -0.2) is 0 Å². The zero-order chi connectivity index (χ0) is 13.1. The number of Topliss-reactive ketones (excluding diaryl/α,β-unsaturated/α-hetero) is 1. The second kappa shape index (κ2) is 5.73. The Kier molecular flexibility index (Phi) is 3.82. The third-order valence-corrected chi connectivity index (χ3v) is 4.58. The average molecular weight is 254 g/mol. The van der Waals surface area contributed by atoms with E-state index < -0.39 is 0 Å². The maximum absolute atomic E-state index is 12.7. The Labute approximate surface area is 115 Å². The lowest BCUT2D eigenvalue weighted by molar-refractivity contribution is 0.102. The predicted octanol–water partition coefficient (Wildman–Crippen LogP) is 5.03. The lowest BCUT2D eigenvalue weighted by Gasteiger charge is -2.27. The molecule has 0 atom stereocenters. The largest absolute Gasteiger partial charge is 0.289 e. The fourth-order valence-corrected chi connectivity index (χ4v) is 3.17. The van der Waals surface area contributed by atoms with E-state index in [1.165, 1.54) is 44.1 Å². The van der Waals surface area contributed by atoms with Crippen molar-refractivity contribution in [2.75, 3.05) is 0 Å². The molecule has 3 rings (SSSR count). The van der Waals surface area contributed by atoms with Crippen molar-refractivity contribution in [2.24, 2.45) is 0 Å². The highest BCUT2D eigenvalue weighted by Crippen LogP contribution is 2.38. The van der Waals surface area contributed by atoms with Crippen LogP contribution in [0.4, 0.5) is 0 Å². The normalized spacial score (nSPS) is 20.3. The van der Waals surface area contributed by atoms with E-state index in [0.29, 0.717) is 11.7 Å². The van der Waals surface area contributed by atoms with Gasteiger partial charge in [-0.2, -0.15) is 0 Å². The molecule has 0 heterocycles. The van der Waals surface area contributed by atoms with Gasteiger partial charge in [-0.1, -0.05) is 43.2 Å². The maximum atomic E-state index is 12.7. The second-order valence-electron chi connectivity index (χ2n) is 5.87. The van der Waals surface area contributed by atoms with Crippen molar-refractivity contribution < 1.29 is 4.79 Å². The quantitative estimate of drug-likeness (QED) is 0.692. The van der Waals surface area contributed by atoms with Crippen LogP contribution in [-0.4, -0.2) is 5.78 Å². The van der Waals surface area contributed by atoms with Gasteiger partial charge in [0.2, 0.25) is 0 Å². The SMILES string of the molecule is O=C(C1=CCCCCC1)c1ccccc1C1CCC1. The van der Waals surface area contributed by atoms with Gasteiger partial charge in [0.25, 0.3) is 0 Å². The lowest BCUT2D eigenvalue weighted by atomic mass is 9.77. The number of benzene rings is 1. The number of hydrogen-bond donors (Lipinski definition) is 0. The fourth-order valence-electron chi connectivity index (χ4n) is 3.17. The molecule has 1 aromatic carbocycles. The molecule has 2 aliphatic rings. The summed E-state index contributed by atoms with van der Waals surface area (Å²) in [7, 11) is 0. The molecule has 2 aliphatic carbocycles. The van der Waals surface area contributed by atoms with Crippen LogP contribution in [0.5, 0.6) is 0 Å². The Morgan fingerprint density at radius 1 is 1.00 bits per heavy atom. The molecule has 0 amide bonds. The second-order valence-corrected chi connectivity index (χ2v) is 5.87. The van der Waals surface area contributed by atoms with Crippen molar-refractivity contribution in [3.05, 3.63) is 47.0 Å². The first-order chi connectivity index (χ1) is 9.36. The Morgan fingerprint density at radius 2 is 1.84 bits per heavy atom. The van der Waals surface area contributed by atoms with Crippen molar-refractivity contribution in [1.82, 2.24) is 0 Å². The Balaban J connectivity index is 1.88. The standard InChI is InChI=1S/C18H22O/c19-18(15-8-3-1-2-4-9-15)17-13-6-5-12-16(17)14-10-7-11-14/h5-6,8,12-14H,1-4,7,9-11H2. The van der Waals surface area contributed by atoms with E-state index in [2.05, 4.69) is 18.2 Å². The van der Waals surface area contributed by atoms with E-state index in [1.54, 1.807) is 0 Å². The first-order valence-electron chi connectivity index (χ1n) is 7.69. The van der Waals surface area contributed by atoms with Gasteiger partial charge in [-0.05, 0) is 55.6 Å². The molecule has 1 nitrogen and oxygen atoms in total. The molecule has 0 aliphatic heterocycles. The molecule has 1 saturated carbocycles. The maximum Gasteiger partial charge on any atom is 0.188 e. The van der Waals surface area contributed by atoms with E-state index in [-0.39, 0.29) is 0 Å². The van der Waals surface area contributed by atoms with Crippen LogP contribution in [0, 0.1) is 0 Å². The molecular weight excluding hydrogens is 232 g/mol. The van der Waals surface area contributed by atoms with E-state index >= 15 is 0 Å². The van der Waals surface area contributed by atoms with Crippen LogP contribution in [0.2, 0.25) is 0 Å². The summed E-state index contributed by atoms with van der Waals surface area (Å²) in [5.74, 6) is 0.927. The topological polar surface area (TPSA) is 17.1 Å². The van der Waals surface area contributed by atoms with Crippen LogP contribution in [0.15, 0.2) is 35.9 Å². The summed E-state index contributed by atoms with van der Waals surface area (Å²) in [5.41, 5.74) is 3.33. The number of allylic oxidation sites excluding steroid dienone is 2. The Morgan fingerprint density at radius 3 is 2.63 bits per heavy atom. The molecule has 0 spiro atoms. The Hall–Kier alpha value is -1.37. The summed E-state index contributed by atoms with van der Waals surface area (Å²) in [6, 6.07) is 8.27. The Bertz CT molecular complexity index is 494. The summed E-state index contributed by atoms with van der Waals surface area (Å²) in [4.78, 5) is 12.7. The van der Waals surface area contributed by atoms with Gasteiger partial charge in [-0.3, -0.25) is 4.79 Å². The molecule has 100 valence electrons. The van der Waals surface area contributed by atoms with Gasteiger partial charge >= 0.3 is 0 Å². The number of hydrogen-bond acceptors (Lipinski definition) is 1. The molecule has 1 heteroatoms. The molecule has 0 radical (unpaired) electrons. The van der Waals surface area contributed by atoms with Crippen LogP contribution in [0.25, 0.3) is 0 Å². The lowest BCUT2D eigenvalue weighted by Crippen LogP contribution is -2.15. The molecule has 0 bridgehead atoms. The molecule has 0 N–H and O–H groups in total. The van der Waals surface area contributed by atoms with Gasteiger partial charge in [-0.15, -0.1) is 0 Å². The number of carbonyl (C=O) groups is 1. The summed E-state index contributed by atoms with van der Waals surface area (Å²) in [5, 5.41) is 0. The summed E-state index contributed by atoms with van der Waals surface area (Å²) in [6.07, 6.45) is 11.7. The van der Waals surface area contributed by atoms with Crippen molar-refractivity contribution in [1.29, 1.82) is 0 Å². The molecule has 19 heavy (non-hydrogen) atoms. The van der Waals surface area contributed by atoms with Crippen LogP contribution in [0.3, 0.4) is 0 Å². The van der Waals surface area contributed by atoms with Crippen LogP contribution in [0.1, 0.15) is 73.2 Å². The van der Waals surface area contributed by atoms with Gasteiger partial charge in [0.05, 0.1) is 0 Å². The average Bonchev–Trinajstić information content (AvgIpc) is 2.65. The smallest absolute Gasteiger partial charge is 0.188 e. The molecule has 0 unspecified atom stereocenters. The van der Waals surface area contributed by atoms with E-state index in [0.717, 1.165) is 24.0 Å².